The quantitative estimate of drug-likeness (QED) is 0.723. The van der Waals surface area contributed by atoms with E-state index in [1.54, 1.807) is 0 Å². The largest absolute Gasteiger partial charge is 0.396 e. The van der Waals surface area contributed by atoms with Crippen LogP contribution in [0.15, 0.2) is 0 Å². The fraction of sp³-hybridized carbons (Fsp3) is 1.00. The minimum Gasteiger partial charge on any atom is -0.396 e. The van der Waals surface area contributed by atoms with E-state index in [0.717, 1.165) is 30.2 Å². The fourth-order valence-corrected chi connectivity index (χ4v) is 4.03. The van der Waals surface area contributed by atoms with Gasteiger partial charge in [-0.1, -0.05) is 20.8 Å². The van der Waals surface area contributed by atoms with Gasteiger partial charge in [0.05, 0.1) is 0 Å². The van der Waals surface area contributed by atoms with Crippen LogP contribution in [-0.2, 0) is 0 Å². The number of aliphatic hydroxyl groups excluding tert-OH is 1. The van der Waals surface area contributed by atoms with Crippen molar-refractivity contribution in [3.05, 3.63) is 0 Å². The summed E-state index contributed by atoms with van der Waals surface area (Å²) in [5.41, 5.74) is 0. The van der Waals surface area contributed by atoms with Crippen molar-refractivity contribution >= 4 is 11.8 Å². The molecule has 0 aliphatic heterocycles. The highest BCUT2D eigenvalue weighted by molar-refractivity contribution is 8.00. The summed E-state index contributed by atoms with van der Waals surface area (Å²) in [4.78, 5) is 0. The maximum absolute atomic E-state index is 8.92. The molecule has 0 aromatic carbocycles. The van der Waals surface area contributed by atoms with Gasteiger partial charge >= 0.3 is 0 Å². The van der Waals surface area contributed by atoms with Crippen molar-refractivity contribution in [2.75, 3.05) is 13.2 Å². The SMILES string of the molecule is CCCNC1CCC(SC(C)CCO)C1C. The Morgan fingerprint density at radius 3 is 2.81 bits per heavy atom. The summed E-state index contributed by atoms with van der Waals surface area (Å²) in [5.74, 6) is 0.776. The topological polar surface area (TPSA) is 32.3 Å². The Morgan fingerprint density at radius 1 is 1.44 bits per heavy atom. The molecule has 0 amide bonds. The highest BCUT2D eigenvalue weighted by Gasteiger charge is 2.33. The Labute approximate surface area is 105 Å². The van der Waals surface area contributed by atoms with Crippen LogP contribution in [0.4, 0.5) is 0 Å². The van der Waals surface area contributed by atoms with Gasteiger partial charge in [-0.2, -0.15) is 11.8 Å². The summed E-state index contributed by atoms with van der Waals surface area (Å²) >= 11 is 2.08. The zero-order valence-corrected chi connectivity index (χ0v) is 11.7. The van der Waals surface area contributed by atoms with E-state index in [9.17, 15) is 0 Å². The molecule has 0 bridgehead atoms. The lowest BCUT2D eigenvalue weighted by Crippen LogP contribution is -2.34. The van der Waals surface area contributed by atoms with Crippen LogP contribution in [0.2, 0.25) is 0 Å². The lowest BCUT2D eigenvalue weighted by molar-refractivity contribution is 0.288. The van der Waals surface area contributed by atoms with Crippen molar-refractivity contribution in [3.8, 4) is 0 Å². The molecule has 3 heteroatoms. The summed E-state index contributed by atoms with van der Waals surface area (Å²) in [7, 11) is 0. The van der Waals surface area contributed by atoms with Gasteiger partial charge in [-0.05, 0) is 38.1 Å². The summed E-state index contributed by atoms with van der Waals surface area (Å²) in [6.07, 6.45) is 4.82. The molecule has 4 unspecified atom stereocenters. The monoisotopic (exact) mass is 245 g/mol. The summed E-state index contributed by atoms with van der Waals surface area (Å²) in [5, 5.41) is 14.0. The van der Waals surface area contributed by atoms with E-state index < -0.39 is 0 Å². The molecular formula is C13H27NOS. The third-order valence-electron chi connectivity index (χ3n) is 3.58. The second-order valence-electron chi connectivity index (χ2n) is 4.99. The summed E-state index contributed by atoms with van der Waals surface area (Å²) in [6, 6.07) is 0.721. The van der Waals surface area contributed by atoms with Crippen LogP contribution in [0.1, 0.15) is 46.5 Å². The van der Waals surface area contributed by atoms with Gasteiger partial charge in [0.15, 0.2) is 0 Å². The van der Waals surface area contributed by atoms with Gasteiger partial charge in [-0.3, -0.25) is 0 Å². The molecule has 1 aliphatic rings. The first kappa shape index (κ1) is 14.3. The summed E-state index contributed by atoms with van der Waals surface area (Å²) < 4.78 is 0. The van der Waals surface area contributed by atoms with Gasteiger partial charge in [-0.15, -0.1) is 0 Å². The molecule has 0 radical (unpaired) electrons. The Kier molecular flexibility index (Phi) is 6.78. The van der Waals surface area contributed by atoms with Crippen molar-refractivity contribution in [1.29, 1.82) is 0 Å². The predicted octanol–water partition coefficient (Wildman–Crippen LogP) is 2.66. The lowest BCUT2D eigenvalue weighted by atomic mass is 10.1. The van der Waals surface area contributed by atoms with E-state index in [-0.39, 0.29) is 0 Å². The molecule has 1 aliphatic carbocycles. The molecule has 2 N–H and O–H groups in total. The Hall–Kier alpha value is 0.270. The molecule has 0 aromatic rings. The first-order chi connectivity index (χ1) is 7.69. The Bertz CT molecular complexity index is 189. The van der Waals surface area contributed by atoms with Crippen LogP contribution in [0.3, 0.4) is 0 Å². The number of rotatable bonds is 7. The second kappa shape index (κ2) is 7.57. The molecule has 0 saturated heterocycles. The Balaban J connectivity index is 2.29. The molecule has 0 heterocycles. The van der Waals surface area contributed by atoms with Crippen molar-refractivity contribution in [2.45, 2.75) is 63.0 Å². The third kappa shape index (κ3) is 4.27. The van der Waals surface area contributed by atoms with E-state index in [1.807, 2.05) is 0 Å². The molecule has 2 nitrogen and oxygen atoms in total. The van der Waals surface area contributed by atoms with E-state index in [1.165, 1.54) is 19.3 Å². The average molecular weight is 245 g/mol. The zero-order valence-electron chi connectivity index (χ0n) is 10.9. The maximum atomic E-state index is 8.92. The molecule has 1 saturated carbocycles. The number of hydrogen-bond acceptors (Lipinski definition) is 3. The minimum absolute atomic E-state index is 0.326. The standard InChI is InChI=1S/C13H27NOS/c1-4-8-14-12-5-6-13(11(12)3)16-10(2)7-9-15/h10-15H,4-9H2,1-3H3. The first-order valence-electron chi connectivity index (χ1n) is 6.68. The van der Waals surface area contributed by atoms with Gasteiger partial charge in [-0.25, -0.2) is 0 Å². The number of thioether (sulfide) groups is 1. The average Bonchev–Trinajstić information content (AvgIpc) is 2.58. The van der Waals surface area contributed by atoms with E-state index >= 15 is 0 Å². The van der Waals surface area contributed by atoms with Crippen LogP contribution in [0, 0.1) is 5.92 Å². The van der Waals surface area contributed by atoms with Crippen molar-refractivity contribution in [3.63, 3.8) is 0 Å². The Morgan fingerprint density at radius 2 is 2.19 bits per heavy atom. The normalized spacial score (nSPS) is 31.9. The number of nitrogens with one attached hydrogen (secondary N) is 1. The minimum atomic E-state index is 0.326. The fourth-order valence-electron chi connectivity index (χ4n) is 2.49. The maximum Gasteiger partial charge on any atom is 0.0441 e. The summed E-state index contributed by atoms with van der Waals surface area (Å²) in [6.45, 7) is 8.32. The predicted molar refractivity (Wildman–Crippen MR) is 73.0 cm³/mol. The van der Waals surface area contributed by atoms with Crippen LogP contribution >= 0.6 is 11.8 Å². The first-order valence-corrected chi connectivity index (χ1v) is 7.63. The lowest BCUT2D eigenvalue weighted by Gasteiger charge is -2.23. The van der Waals surface area contributed by atoms with E-state index in [4.69, 9.17) is 5.11 Å². The molecule has 4 atom stereocenters. The molecular weight excluding hydrogens is 218 g/mol. The smallest absolute Gasteiger partial charge is 0.0441 e. The van der Waals surface area contributed by atoms with Gasteiger partial charge in [0, 0.05) is 23.1 Å². The van der Waals surface area contributed by atoms with Gasteiger partial charge in [0.1, 0.15) is 0 Å². The van der Waals surface area contributed by atoms with Crippen LogP contribution in [0.25, 0.3) is 0 Å². The molecule has 16 heavy (non-hydrogen) atoms. The third-order valence-corrected chi connectivity index (χ3v) is 5.30. The van der Waals surface area contributed by atoms with Gasteiger partial charge in [0.2, 0.25) is 0 Å². The van der Waals surface area contributed by atoms with Crippen molar-refractivity contribution in [2.24, 2.45) is 5.92 Å². The second-order valence-corrected chi connectivity index (χ2v) is 6.68. The van der Waals surface area contributed by atoms with E-state index in [2.05, 4.69) is 37.8 Å². The van der Waals surface area contributed by atoms with Crippen LogP contribution in [0.5, 0.6) is 0 Å². The molecule has 0 spiro atoms. The molecule has 1 fully saturated rings. The highest BCUT2D eigenvalue weighted by Crippen LogP contribution is 2.37. The number of aliphatic hydroxyl groups is 1. The van der Waals surface area contributed by atoms with Crippen LogP contribution in [-0.4, -0.2) is 34.8 Å². The molecule has 1 rings (SSSR count). The highest BCUT2D eigenvalue weighted by atomic mass is 32.2. The van der Waals surface area contributed by atoms with Crippen molar-refractivity contribution in [1.82, 2.24) is 5.32 Å². The zero-order chi connectivity index (χ0) is 12.0. The molecule has 0 aromatic heterocycles. The van der Waals surface area contributed by atoms with Crippen LogP contribution < -0.4 is 5.32 Å². The van der Waals surface area contributed by atoms with Gasteiger partial charge in [0.25, 0.3) is 0 Å². The molecule has 96 valence electrons. The number of hydrogen-bond donors (Lipinski definition) is 2. The van der Waals surface area contributed by atoms with Gasteiger partial charge < -0.3 is 10.4 Å². The van der Waals surface area contributed by atoms with Crippen molar-refractivity contribution < 1.29 is 5.11 Å². The van der Waals surface area contributed by atoms with E-state index in [0.29, 0.717) is 11.9 Å².